The van der Waals surface area contributed by atoms with Crippen LogP contribution in [0.5, 0.6) is 5.75 Å². The fourth-order valence-electron chi connectivity index (χ4n) is 4.31. The van der Waals surface area contributed by atoms with Crippen LogP contribution in [0, 0.1) is 0 Å². The van der Waals surface area contributed by atoms with Gasteiger partial charge in [-0.1, -0.05) is 60.7 Å². The molecule has 4 rings (SSSR count). The zero-order chi connectivity index (χ0) is 24.6. The van der Waals surface area contributed by atoms with Crippen LogP contribution in [-0.2, 0) is 5.66 Å². The van der Waals surface area contributed by atoms with Crippen molar-refractivity contribution in [2.24, 2.45) is 0 Å². The number of alkyl halides is 2. The number of pyridine rings is 1. The van der Waals surface area contributed by atoms with Crippen molar-refractivity contribution in [1.82, 2.24) is 4.98 Å². The fraction of sp³-hybridized carbons (Fsp3) is 0.167. The SMILES string of the molecule is C=CCCCCOc1ccnc(C(F)(F)[P+](c2ccccc2)(c2ccccc2)c2ccccc2)c1.[Br-]. The van der Waals surface area contributed by atoms with Crippen molar-refractivity contribution in [3.8, 4) is 5.75 Å². The van der Waals surface area contributed by atoms with Crippen LogP contribution in [-0.4, -0.2) is 11.6 Å². The van der Waals surface area contributed by atoms with Crippen molar-refractivity contribution in [2.75, 3.05) is 6.61 Å². The zero-order valence-electron chi connectivity index (χ0n) is 19.9. The summed E-state index contributed by atoms with van der Waals surface area (Å²) in [7, 11) is -3.50. The molecule has 0 N–H and O–H groups in total. The van der Waals surface area contributed by atoms with E-state index in [1.165, 1.54) is 12.3 Å². The van der Waals surface area contributed by atoms with Gasteiger partial charge in [-0.25, -0.2) is 0 Å². The molecule has 4 aromatic rings. The Hall–Kier alpha value is -2.88. The second kappa shape index (κ2) is 12.9. The van der Waals surface area contributed by atoms with Crippen LogP contribution in [0.15, 0.2) is 122 Å². The summed E-state index contributed by atoms with van der Waals surface area (Å²) >= 11 is 0. The van der Waals surface area contributed by atoms with E-state index in [-0.39, 0.29) is 22.7 Å². The zero-order valence-corrected chi connectivity index (χ0v) is 22.4. The van der Waals surface area contributed by atoms with Crippen LogP contribution in [0.4, 0.5) is 8.78 Å². The maximum absolute atomic E-state index is 17.1. The lowest BCUT2D eigenvalue weighted by Crippen LogP contribution is -3.00. The molecule has 1 aromatic heterocycles. The van der Waals surface area contributed by atoms with E-state index >= 15 is 8.78 Å². The molecule has 0 bridgehead atoms. The standard InChI is InChI=1S/C30H29F2NOP.BrH/c1-2-3-4-14-23-34-25-21-22-33-29(24-25)30(31,32)35(26-15-8-5-9-16-26,27-17-10-6-11-18-27)28-19-12-7-13-20-28;/h2,5-13,15-22,24H,1,3-4,14,23H2;1H/q+1;/p-1. The van der Waals surface area contributed by atoms with E-state index in [1.54, 1.807) is 6.07 Å². The van der Waals surface area contributed by atoms with E-state index in [1.807, 2.05) is 97.1 Å². The summed E-state index contributed by atoms with van der Waals surface area (Å²) < 4.78 is 40.1. The molecule has 0 saturated heterocycles. The smallest absolute Gasteiger partial charge is 0.410 e. The number of hydrogen-bond donors (Lipinski definition) is 0. The fourth-order valence-corrected chi connectivity index (χ4v) is 8.50. The molecule has 1 heterocycles. The molecule has 6 heteroatoms. The molecule has 0 aliphatic carbocycles. The Balaban J connectivity index is 0.00000361. The molecule has 0 unspecified atom stereocenters. The molecule has 0 aliphatic heterocycles. The van der Waals surface area contributed by atoms with E-state index in [2.05, 4.69) is 11.6 Å². The molecule has 3 aromatic carbocycles. The molecule has 0 spiro atoms. The maximum Gasteiger partial charge on any atom is 0.410 e. The summed E-state index contributed by atoms with van der Waals surface area (Å²) in [4.78, 5) is 4.20. The highest BCUT2D eigenvalue weighted by atomic mass is 79.9. The quantitative estimate of drug-likeness (QED) is 0.156. The number of allylic oxidation sites excluding steroid dienone is 1. The van der Waals surface area contributed by atoms with Crippen molar-refractivity contribution < 1.29 is 30.5 Å². The number of aromatic nitrogens is 1. The van der Waals surface area contributed by atoms with Crippen molar-refractivity contribution in [3.05, 3.63) is 128 Å². The van der Waals surface area contributed by atoms with E-state index in [0.29, 0.717) is 28.3 Å². The molecular formula is C30H29BrF2NOP. The summed E-state index contributed by atoms with van der Waals surface area (Å²) in [5, 5.41) is 1.79. The van der Waals surface area contributed by atoms with Gasteiger partial charge in [0.1, 0.15) is 21.7 Å². The van der Waals surface area contributed by atoms with Gasteiger partial charge in [-0.05, 0) is 61.7 Å². The number of hydrogen-bond acceptors (Lipinski definition) is 2. The second-order valence-corrected chi connectivity index (χ2v) is 11.7. The van der Waals surface area contributed by atoms with Crippen LogP contribution < -0.4 is 37.6 Å². The van der Waals surface area contributed by atoms with Gasteiger partial charge in [0.2, 0.25) is 0 Å². The Morgan fingerprint density at radius 3 is 1.75 bits per heavy atom. The summed E-state index contributed by atoms with van der Waals surface area (Å²) in [5.41, 5.74) is -3.58. The monoisotopic (exact) mass is 567 g/mol. The van der Waals surface area contributed by atoms with Crippen molar-refractivity contribution in [3.63, 3.8) is 0 Å². The number of benzene rings is 3. The first-order chi connectivity index (χ1) is 17.1. The topological polar surface area (TPSA) is 22.1 Å². The first-order valence-corrected chi connectivity index (χ1v) is 13.5. The molecule has 0 aliphatic rings. The van der Waals surface area contributed by atoms with E-state index in [9.17, 15) is 0 Å². The number of nitrogens with zero attached hydrogens (tertiary/aromatic N) is 1. The minimum absolute atomic E-state index is 0. The Bertz CT molecular complexity index is 1130. The predicted octanol–water partition coefficient (Wildman–Crippen LogP) is 3.86. The van der Waals surface area contributed by atoms with Crippen LogP contribution in [0.1, 0.15) is 25.0 Å². The van der Waals surface area contributed by atoms with Gasteiger partial charge in [0.15, 0.2) is 13.0 Å². The average molecular weight is 568 g/mol. The Kier molecular flexibility index (Phi) is 9.92. The van der Waals surface area contributed by atoms with Crippen LogP contribution in [0.25, 0.3) is 0 Å². The van der Waals surface area contributed by atoms with Gasteiger partial charge in [-0.15, -0.1) is 6.58 Å². The Morgan fingerprint density at radius 1 is 0.778 bits per heavy atom. The third-order valence-corrected chi connectivity index (χ3v) is 10.3. The molecular weight excluding hydrogens is 539 g/mol. The molecule has 0 radical (unpaired) electrons. The molecule has 0 atom stereocenters. The summed E-state index contributed by atoms with van der Waals surface area (Å²) in [6.07, 6.45) is 5.96. The van der Waals surface area contributed by atoms with Crippen molar-refractivity contribution >= 4 is 23.2 Å². The predicted molar refractivity (Wildman–Crippen MR) is 143 cm³/mol. The van der Waals surface area contributed by atoms with Crippen LogP contribution in [0.3, 0.4) is 0 Å². The molecule has 186 valence electrons. The first kappa shape index (κ1) is 27.7. The lowest BCUT2D eigenvalue weighted by Gasteiger charge is -2.33. The third kappa shape index (κ3) is 5.58. The molecule has 2 nitrogen and oxygen atoms in total. The second-order valence-electron chi connectivity index (χ2n) is 8.23. The normalized spacial score (nSPS) is 11.4. The largest absolute Gasteiger partial charge is 1.00 e. The van der Waals surface area contributed by atoms with Crippen LogP contribution >= 0.6 is 7.26 Å². The lowest BCUT2D eigenvalue weighted by atomic mass is 10.2. The van der Waals surface area contributed by atoms with Crippen molar-refractivity contribution in [1.29, 1.82) is 0 Å². The lowest BCUT2D eigenvalue weighted by molar-refractivity contribution is -0.0000124. The minimum Gasteiger partial charge on any atom is -1.00 e. The maximum atomic E-state index is 17.1. The van der Waals surface area contributed by atoms with Gasteiger partial charge in [0.25, 0.3) is 0 Å². The number of unbranched alkanes of at least 4 members (excludes halogenated alkanes) is 2. The molecule has 0 amide bonds. The van der Waals surface area contributed by atoms with Gasteiger partial charge in [-0.2, -0.15) is 8.78 Å². The minimum atomic E-state index is -3.50. The first-order valence-electron chi connectivity index (χ1n) is 11.7. The van der Waals surface area contributed by atoms with Gasteiger partial charge < -0.3 is 21.7 Å². The summed E-state index contributed by atoms with van der Waals surface area (Å²) in [6.45, 7) is 4.18. The molecule has 0 fully saturated rings. The highest BCUT2D eigenvalue weighted by Gasteiger charge is 2.67. The number of halogens is 3. The van der Waals surface area contributed by atoms with E-state index in [4.69, 9.17) is 4.74 Å². The van der Waals surface area contributed by atoms with Gasteiger partial charge >= 0.3 is 5.66 Å². The van der Waals surface area contributed by atoms with Gasteiger partial charge in [0.05, 0.1) is 6.61 Å². The molecule has 36 heavy (non-hydrogen) atoms. The third-order valence-electron chi connectivity index (χ3n) is 5.96. The Morgan fingerprint density at radius 2 is 1.28 bits per heavy atom. The highest BCUT2D eigenvalue weighted by Crippen LogP contribution is 2.71. The molecule has 0 saturated carbocycles. The summed E-state index contributed by atoms with van der Waals surface area (Å²) in [5.74, 6) is 0.403. The summed E-state index contributed by atoms with van der Waals surface area (Å²) in [6, 6.07) is 30.4. The average Bonchev–Trinajstić information content (AvgIpc) is 2.91. The van der Waals surface area contributed by atoms with E-state index < -0.39 is 12.9 Å². The van der Waals surface area contributed by atoms with Gasteiger partial charge in [0, 0.05) is 12.3 Å². The van der Waals surface area contributed by atoms with E-state index in [0.717, 1.165) is 19.3 Å². The van der Waals surface area contributed by atoms with Crippen LogP contribution in [0.2, 0.25) is 0 Å². The van der Waals surface area contributed by atoms with Gasteiger partial charge in [-0.3, -0.25) is 4.98 Å². The highest BCUT2D eigenvalue weighted by molar-refractivity contribution is 7.96. The number of rotatable bonds is 11. The number of ether oxygens (including phenoxy) is 1. The van der Waals surface area contributed by atoms with Crippen molar-refractivity contribution in [2.45, 2.75) is 24.9 Å². The Labute approximate surface area is 223 Å².